The molecule has 0 N–H and O–H groups in total. The largest absolute Gasteiger partial charge is 0.462 e. The van der Waals surface area contributed by atoms with E-state index in [9.17, 15) is 0 Å². The summed E-state index contributed by atoms with van der Waals surface area (Å²) in [6.07, 6.45) is 0. The van der Waals surface area contributed by atoms with Crippen LogP contribution in [0.1, 0.15) is 5.56 Å². The zero-order chi connectivity index (χ0) is 21.8. The molecule has 0 atom stereocenters. The molecule has 2 aromatic carbocycles. The predicted molar refractivity (Wildman–Crippen MR) is 125 cm³/mol. The molecular formula is C25H30N4O3. The lowest BCUT2D eigenvalue weighted by Gasteiger charge is -2.29. The Morgan fingerprint density at radius 2 is 1.53 bits per heavy atom. The fourth-order valence-electron chi connectivity index (χ4n) is 4.19. The minimum Gasteiger partial charge on any atom is -0.462 e. The van der Waals surface area contributed by atoms with Crippen LogP contribution in [-0.4, -0.2) is 80.6 Å². The normalized spacial score (nSPS) is 17.6. The summed E-state index contributed by atoms with van der Waals surface area (Å²) in [6, 6.07) is 15.4. The first-order valence-corrected chi connectivity index (χ1v) is 11.4. The summed E-state index contributed by atoms with van der Waals surface area (Å²) in [5.41, 5.74) is 4.51. The highest BCUT2D eigenvalue weighted by Gasteiger charge is 2.19. The molecule has 3 heterocycles. The van der Waals surface area contributed by atoms with Crippen LogP contribution in [0.3, 0.4) is 0 Å². The van der Waals surface area contributed by atoms with Crippen LogP contribution in [0.4, 0.5) is 5.82 Å². The lowest BCUT2D eigenvalue weighted by atomic mass is 10.0. The Morgan fingerprint density at radius 3 is 2.28 bits per heavy atom. The summed E-state index contributed by atoms with van der Waals surface area (Å²) in [6.45, 7) is 10.0. The molecule has 0 radical (unpaired) electrons. The molecule has 0 spiro atoms. The van der Waals surface area contributed by atoms with E-state index in [4.69, 9.17) is 24.2 Å². The number of aryl methyl sites for hydroxylation is 1. The molecule has 2 fully saturated rings. The molecule has 168 valence electrons. The van der Waals surface area contributed by atoms with Gasteiger partial charge >= 0.3 is 6.01 Å². The minimum atomic E-state index is 0.440. The number of ether oxygens (including phenoxy) is 3. The molecule has 2 aliphatic heterocycles. The zero-order valence-electron chi connectivity index (χ0n) is 18.6. The van der Waals surface area contributed by atoms with Crippen molar-refractivity contribution >= 4 is 16.7 Å². The van der Waals surface area contributed by atoms with Gasteiger partial charge in [0.05, 0.1) is 31.9 Å². The molecule has 7 nitrogen and oxygen atoms in total. The molecule has 32 heavy (non-hydrogen) atoms. The second-order valence-electron chi connectivity index (χ2n) is 8.33. The summed E-state index contributed by atoms with van der Waals surface area (Å²) in [5.74, 6) is 0.925. The van der Waals surface area contributed by atoms with Crippen molar-refractivity contribution in [2.45, 2.75) is 6.92 Å². The van der Waals surface area contributed by atoms with E-state index in [1.165, 1.54) is 11.1 Å². The molecule has 0 bridgehead atoms. The molecule has 2 saturated heterocycles. The molecule has 0 amide bonds. The third-order valence-electron chi connectivity index (χ3n) is 6.09. The maximum Gasteiger partial charge on any atom is 0.318 e. The summed E-state index contributed by atoms with van der Waals surface area (Å²) in [7, 11) is 0. The smallest absolute Gasteiger partial charge is 0.318 e. The van der Waals surface area contributed by atoms with Crippen molar-refractivity contribution in [1.29, 1.82) is 0 Å². The first kappa shape index (κ1) is 21.1. The van der Waals surface area contributed by atoms with Gasteiger partial charge in [0.1, 0.15) is 12.4 Å². The maximum atomic E-state index is 6.01. The van der Waals surface area contributed by atoms with Gasteiger partial charge in [0.2, 0.25) is 0 Å². The molecule has 5 rings (SSSR count). The molecular weight excluding hydrogens is 404 g/mol. The Balaban J connectivity index is 1.43. The average Bonchev–Trinajstić information content (AvgIpc) is 2.85. The van der Waals surface area contributed by atoms with Crippen molar-refractivity contribution in [3.8, 4) is 17.1 Å². The fourth-order valence-corrected chi connectivity index (χ4v) is 4.19. The molecule has 0 aliphatic carbocycles. The quantitative estimate of drug-likeness (QED) is 0.591. The van der Waals surface area contributed by atoms with E-state index in [0.29, 0.717) is 25.8 Å². The van der Waals surface area contributed by atoms with Gasteiger partial charge in [0.25, 0.3) is 0 Å². The molecule has 3 aromatic rings. The molecule has 2 aliphatic rings. The van der Waals surface area contributed by atoms with Gasteiger partial charge in [0.15, 0.2) is 0 Å². The van der Waals surface area contributed by atoms with Crippen LogP contribution >= 0.6 is 0 Å². The van der Waals surface area contributed by atoms with Crippen LogP contribution in [0.25, 0.3) is 22.0 Å². The Bertz CT molecular complexity index is 1040. The minimum absolute atomic E-state index is 0.440. The topological polar surface area (TPSA) is 60.0 Å². The summed E-state index contributed by atoms with van der Waals surface area (Å²) in [4.78, 5) is 14.2. The van der Waals surface area contributed by atoms with E-state index < -0.39 is 0 Å². The van der Waals surface area contributed by atoms with Gasteiger partial charge in [-0.3, -0.25) is 4.90 Å². The van der Waals surface area contributed by atoms with Crippen molar-refractivity contribution in [2.24, 2.45) is 0 Å². The van der Waals surface area contributed by atoms with Crippen molar-refractivity contribution in [1.82, 2.24) is 14.9 Å². The summed E-state index contributed by atoms with van der Waals surface area (Å²) in [5, 5.41) is 1.05. The predicted octanol–water partition coefficient (Wildman–Crippen LogP) is 3.15. The Hall–Kier alpha value is -2.74. The number of benzene rings is 2. The van der Waals surface area contributed by atoms with Crippen LogP contribution in [-0.2, 0) is 9.47 Å². The number of hydrogen-bond donors (Lipinski definition) is 0. The van der Waals surface area contributed by atoms with E-state index in [1.54, 1.807) is 0 Å². The lowest BCUT2D eigenvalue weighted by Crippen LogP contribution is -2.39. The third kappa shape index (κ3) is 4.85. The van der Waals surface area contributed by atoms with Crippen LogP contribution in [0.5, 0.6) is 6.01 Å². The lowest BCUT2D eigenvalue weighted by molar-refractivity contribution is 0.0317. The second kappa shape index (κ2) is 9.81. The summed E-state index contributed by atoms with van der Waals surface area (Å²) < 4.78 is 17.0. The Kier molecular flexibility index (Phi) is 6.48. The highest BCUT2D eigenvalue weighted by atomic mass is 16.5. The highest BCUT2D eigenvalue weighted by Crippen LogP contribution is 2.31. The van der Waals surface area contributed by atoms with Crippen molar-refractivity contribution in [3.63, 3.8) is 0 Å². The number of rotatable bonds is 6. The van der Waals surface area contributed by atoms with E-state index in [1.807, 2.05) is 0 Å². The summed E-state index contributed by atoms with van der Waals surface area (Å²) >= 11 is 0. The van der Waals surface area contributed by atoms with Crippen LogP contribution in [0.2, 0.25) is 0 Å². The van der Waals surface area contributed by atoms with E-state index >= 15 is 0 Å². The first-order valence-electron chi connectivity index (χ1n) is 11.4. The number of nitrogens with zero attached hydrogens (tertiary/aromatic N) is 4. The van der Waals surface area contributed by atoms with E-state index in [-0.39, 0.29) is 0 Å². The second-order valence-corrected chi connectivity index (χ2v) is 8.33. The van der Waals surface area contributed by atoms with Gasteiger partial charge in [-0.25, -0.2) is 0 Å². The van der Waals surface area contributed by atoms with Gasteiger partial charge in [-0.2, -0.15) is 9.97 Å². The fraction of sp³-hybridized carbons (Fsp3) is 0.440. The van der Waals surface area contributed by atoms with Gasteiger partial charge in [-0.05, 0) is 30.2 Å². The Labute approximate surface area is 188 Å². The van der Waals surface area contributed by atoms with Crippen LogP contribution in [0, 0.1) is 6.92 Å². The van der Waals surface area contributed by atoms with Crippen LogP contribution < -0.4 is 9.64 Å². The third-order valence-corrected chi connectivity index (χ3v) is 6.09. The number of hydrogen-bond acceptors (Lipinski definition) is 7. The average molecular weight is 435 g/mol. The van der Waals surface area contributed by atoms with E-state index in [2.05, 4.69) is 59.2 Å². The van der Waals surface area contributed by atoms with Gasteiger partial charge in [-0.1, -0.05) is 35.9 Å². The van der Waals surface area contributed by atoms with Crippen molar-refractivity contribution < 1.29 is 14.2 Å². The van der Waals surface area contributed by atoms with Crippen molar-refractivity contribution in [3.05, 3.63) is 48.0 Å². The monoisotopic (exact) mass is 434 g/mol. The van der Waals surface area contributed by atoms with Gasteiger partial charge in [-0.15, -0.1) is 0 Å². The van der Waals surface area contributed by atoms with Crippen molar-refractivity contribution in [2.75, 3.05) is 70.7 Å². The maximum absolute atomic E-state index is 6.01. The standard InChI is InChI=1S/C25H30N4O3/c1-19-2-4-20(5-3-19)21-6-7-23-22(18-21)24(29-11-15-31-16-12-29)27-25(26-23)32-17-10-28-8-13-30-14-9-28/h2-7,18H,8-17H2,1H3. The SMILES string of the molecule is Cc1ccc(-c2ccc3nc(OCCN4CCOCC4)nc(N4CCOCC4)c3c2)cc1. The molecule has 0 saturated carbocycles. The molecule has 1 aromatic heterocycles. The first-order chi connectivity index (χ1) is 15.8. The number of aromatic nitrogens is 2. The number of fused-ring (bicyclic) bond motifs is 1. The molecule has 0 unspecified atom stereocenters. The zero-order valence-corrected chi connectivity index (χ0v) is 18.6. The number of anilines is 1. The molecule has 7 heteroatoms. The highest BCUT2D eigenvalue weighted by molar-refractivity contribution is 5.93. The van der Waals surface area contributed by atoms with Gasteiger partial charge < -0.3 is 19.1 Å². The Morgan fingerprint density at radius 1 is 0.844 bits per heavy atom. The van der Waals surface area contributed by atoms with Crippen LogP contribution in [0.15, 0.2) is 42.5 Å². The van der Waals surface area contributed by atoms with E-state index in [0.717, 1.165) is 68.2 Å². The number of morpholine rings is 2. The van der Waals surface area contributed by atoms with Gasteiger partial charge in [0, 0.05) is 38.1 Å².